The SMILES string of the molecule is CCOC(=O)C1(c2nc(Nc3cc(C)[nH]n3)cc(C)c2O)CCCCC1. The number of aromatic nitrogens is 3. The molecule has 0 amide bonds. The van der Waals surface area contributed by atoms with Gasteiger partial charge in [-0.05, 0) is 45.2 Å². The summed E-state index contributed by atoms with van der Waals surface area (Å²) in [4.78, 5) is 17.5. The van der Waals surface area contributed by atoms with E-state index in [1.807, 2.05) is 19.9 Å². The molecule has 7 heteroatoms. The maximum absolute atomic E-state index is 12.8. The maximum atomic E-state index is 12.8. The third-order valence-electron chi connectivity index (χ3n) is 4.97. The van der Waals surface area contributed by atoms with E-state index in [0.29, 0.717) is 42.3 Å². The van der Waals surface area contributed by atoms with E-state index < -0.39 is 5.41 Å². The molecule has 2 aromatic heterocycles. The quantitative estimate of drug-likeness (QED) is 0.706. The molecule has 0 aromatic carbocycles. The molecule has 3 rings (SSSR count). The highest BCUT2D eigenvalue weighted by Gasteiger charge is 2.46. The van der Waals surface area contributed by atoms with Gasteiger partial charge in [-0.3, -0.25) is 9.89 Å². The fraction of sp³-hybridized carbons (Fsp3) is 0.526. The lowest BCUT2D eigenvalue weighted by molar-refractivity contribution is -0.152. The van der Waals surface area contributed by atoms with Crippen molar-refractivity contribution < 1.29 is 14.6 Å². The van der Waals surface area contributed by atoms with Crippen molar-refractivity contribution in [2.24, 2.45) is 0 Å². The first-order valence-electron chi connectivity index (χ1n) is 9.13. The molecule has 0 bridgehead atoms. The van der Waals surface area contributed by atoms with E-state index in [4.69, 9.17) is 4.74 Å². The number of nitrogens with zero attached hydrogens (tertiary/aromatic N) is 2. The molecule has 0 spiro atoms. The van der Waals surface area contributed by atoms with Gasteiger partial charge in [0.1, 0.15) is 22.7 Å². The normalized spacial score (nSPS) is 16.3. The minimum Gasteiger partial charge on any atom is -0.506 e. The van der Waals surface area contributed by atoms with E-state index in [9.17, 15) is 9.90 Å². The Balaban J connectivity index is 2.04. The third-order valence-corrected chi connectivity index (χ3v) is 4.97. The van der Waals surface area contributed by atoms with Crippen LogP contribution >= 0.6 is 0 Å². The number of rotatable bonds is 5. The maximum Gasteiger partial charge on any atom is 0.318 e. The van der Waals surface area contributed by atoms with Gasteiger partial charge in [-0.15, -0.1) is 0 Å². The average molecular weight is 358 g/mol. The molecule has 1 aliphatic carbocycles. The predicted octanol–water partition coefficient (Wildman–Crippen LogP) is 3.64. The van der Waals surface area contributed by atoms with Crippen LogP contribution in [0, 0.1) is 13.8 Å². The zero-order valence-corrected chi connectivity index (χ0v) is 15.6. The van der Waals surface area contributed by atoms with Crippen LogP contribution in [0.5, 0.6) is 5.75 Å². The lowest BCUT2D eigenvalue weighted by Crippen LogP contribution is -2.40. The number of anilines is 2. The number of H-pyrrole nitrogens is 1. The van der Waals surface area contributed by atoms with Crippen molar-refractivity contribution in [2.45, 2.75) is 58.3 Å². The molecule has 0 aliphatic heterocycles. The fourth-order valence-corrected chi connectivity index (χ4v) is 3.64. The summed E-state index contributed by atoms with van der Waals surface area (Å²) in [5.41, 5.74) is 1.12. The molecule has 0 saturated heterocycles. The number of aromatic amines is 1. The van der Waals surface area contributed by atoms with Crippen molar-refractivity contribution >= 4 is 17.6 Å². The Morgan fingerprint density at radius 2 is 2.00 bits per heavy atom. The fourth-order valence-electron chi connectivity index (χ4n) is 3.64. The number of carbonyl (C=O) groups excluding carboxylic acids is 1. The number of aryl methyl sites for hydroxylation is 2. The molecule has 26 heavy (non-hydrogen) atoms. The first-order chi connectivity index (χ1) is 12.5. The van der Waals surface area contributed by atoms with Crippen LogP contribution in [0.1, 0.15) is 56.0 Å². The van der Waals surface area contributed by atoms with Gasteiger partial charge in [0.15, 0.2) is 5.82 Å². The Labute approximate surface area is 153 Å². The van der Waals surface area contributed by atoms with E-state index in [2.05, 4.69) is 20.5 Å². The summed E-state index contributed by atoms with van der Waals surface area (Å²) in [5, 5.41) is 20.9. The molecule has 3 N–H and O–H groups in total. The molecule has 1 fully saturated rings. The summed E-state index contributed by atoms with van der Waals surface area (Å²) in [6.45, 7) is 5.83. The summed E-state index contributed by atoms with van der Waals surface area (Å²) >= 11 is 0. The molecule has 1 aliphatic rings. The average Bonchev–Trinajstić information content (AvgIpc) is 3.03. The van der Waals surface area contributed by atoms with Crippen LogP contribution in [0.3, 0.4) is 0 Å². The number of esters is 1. The Bertz CT molecular complexity index is 794. The van der Waals surface area contributed by atoms with Gasteiger partial charge >= 0.3 is 5.97 Å². The molecule has 140 valence electrons. The summed E-state index contributed by atoms with van der Waals surface area (Å²) in [5.74, 6) is 0.967. The third kappa shape index (κ3) is 3.38. The predicted molar refractivity (Wildman–Crippen MR) is 98.6 cm³/mol. The molecule has 2 aromatic rings. The van der Waals surface area contributed by atoms with Crippen LogP contribution in [-0.4, -0.2) is 32.9 Å². The number of ether oxygens (including phenoxy) is 1. The Hall–Kier alpha value is -2.57. The summed E-state index contributed by atoms with van der Waals surface area (Å²) in [6.07, 6.45) is 4.17. The lowest BCUT2D eigenvalue weighted by Gasteiger charge is -2.35. The zero-order valence-electron chi connectivity index (χ0n) is 15.6. The topological polar surface area (TPSA) is 100 Å². The highest BCUT2D eigenvalue weighted by molar-refractivity contribution is 5.84. The monoisotopic (exact) mass is 358 g/mol. The highest BCUT2D eigenvalue weighted by atomic mass is 16.5. The van der Waals surface area contributed by atoms with E-state index in [-0.39, 0.29) is 11.7 Å². The van der Waals surface area contributed by atoms with Gasteiger partial charge in [-0.25, -0.2) is 4.98 Å². The van der Waals surface area contributed by atoms with Crippen LogP contribution < -0.4 is 5.32 Å². The first-order valence-corrected chi connectivity index (χ1v) is 9.13. The molecular formula is C19H26N4O3. The molecule has 0 radical (unpaired) electrons. The van der Waals surface area contributed by atoms with Crippen molar-refractivity contribution in [2.75, 3.05) is 11.9 Å². The standard InChI is InChI=1S/C19H26N4O3/c1-4-26-18(25)19(8-6-5-7-9-19)17-16(24)12(2)10-14(21-17)20-15-11-13(3)22-23-15/h10-11,24H,4-9H2,1-3H3,(H2,20,21,22,23). The van der Waals surface area contributed by atoms with Crippen molar-refractivity contribution in [1.29, 1.82) is 0 Å². The number of hydrogen-bond donors (Lipinski definition) is 3. The van der Waals surface area contributed by atoms with E-state index in [1.165, 1.54) is 0 Å². The van der Waals surface area contributed by atoms with E-state index >= 15 is 0 Å². The molecule has 2 heterocycles. The van der Waals surface area contributed by atoms with Gasteiger partial charge in [0.2, 0.25) is 0 Å². The summed E-state index contributed by atoms with van der Waals surface area (Å²) < 4.78 is 5.37. The van der Waals surface area contributed by atoms with Gasteiger partial charge in [0.05, 0.1) is 6.61 Å². The second-order valence-electron chi connectivity index (χ2n) is 6.95. The van der Waals surface area contributed by atoms with Gasteiger partial charge in [0, 0.05) is 11.8 Å². The second kappa shape index (κ2) is 7.35. The number of aromatic hydroxyl groups is 1. The minimum absolute atomic E-state index is 0.0729. The van der Waals surface area contributed by atoms with Crippen LogP contribution in [0.2, 0.25) is 0 Å². The number of pyridine rings is 1. The lowest BCUT2D eigenvalue weighted by atomic mass is 9.71. The minimum atomic E-state index is -0.887. The summed E-state index contributed by atoms with van der Waals surface area (Å²) in [6, 6.07) is 3.62. The van der Waals surface area contributed by atoms with Gasteiger partial charge in [-0.1, -0.05) is 19.3 Å². The molecule has 0 atom stereocenters. The summed E-state index contributed by atoms with van der Waals surface area (Å²) in [7, 11) is 0. The van der Waals surface area contributed by atoms with Crippen molar-refractivity contribution in [3.05, 3.63) is 29.1 Å². The van der Waals surface area contributed by atoms with Crippen LogP contribution in [-0.2, 0) is 14.9 Å². The Morgan fingerprint density at radius 3 is 2.62 bits per heavy atom. The molecular weight excluding hydrogens is 332 g/mol. The largest absolute Gasteiger partial charge is 0.506 e. The van der Waals surface area contributed by atoms with Gasteiger partial charge in [0.25, 0.3) is 0 Å². The number of carbonyl (C=O) groups is 1. The molecule has 1 saturated carbocycles. The van der Waals surface area contributed by atoms with Gasteiger partial charge < -0.3 is 15.2 Å². The Morgan fingerprint density at radius 1 is 1.27 bits per heavy atom. The smallest absolute Gasteiger partial charge is 0.318 e. The van der Waals surface area contributed by atoms with Crippen molar-refractivity contribution in [3.63, 3.8) is 0 Å². The van der Waals surface area contributed by atoms with E-state index in [1.54, 1.807) is 13.0 Å². The van der Waals surface area contributed by atoms with Crippen molar-refractivity contribution in [1.82, 2.24) is 15.2 Å². The van der Waals surface area contributed by atoms with Gasteiger partial charge in [-0.2, -0.15) is 5.10 Å². The zero-order chi connectivity index (χ0) is 18.7. The number of nitrogens with one attached hydrogen (secondary N) is 2. The number of hydrogen-bond acceptors (Lipinski definition) is 6. The molecule has 0 unspecified atom stereocenters. The molecule has 7 nitrogen and oxygen atoms in total. The second-order valence-corrected chi connectivity index (χ2v) is 6.95. The Kier molecular flexibility index (Phi) is 5.15. The van der Waals surface area contributed by atoms with Crippen LogP contribution in [0.25, 0.3) is 0 Å². The van der Waals surface area contributed by atoms with Crippen LogP contribution in [0.4, 0.5) is 11.6 Å². The van der Waals surface area contributed by atoms with Crippen molar-refractivity contribution in [3.8, 4) is 5.75 Å². The first kappa shape index (κ1) is 18.2. The van der Waals surface area contributed by atoms with Crippen LogP contribution in [0.15, 0.2) is 12.1 Å². The highest BCUT2D eigenvalue weighted by Crippen LogP contribution is 2.44. The van der Waals surface area contributed by atoms with E-state index in [0.717, 1.165) is 25.0 Å².